The average Bonchev–Trinajstić information content (AvgIpc) is 2.67. The molecule has 150 valence electrons. The second-order valence-corrected chi connectivity index (χ2v) is 9.37. The lowest BCUT2D eigenvalue weighted by atomic mass is 9.97. The maximum Gasteiger partial charge on any atom is 0.227 e. The van der Waals surface area contributed by atoms with Gasteiger partial charge in [0.1, 0.15) is 5.82 Å². The number of rotatable bonds is 5. The van der Waals surface area contributed by atoms with Crippen molar-refractivity contribution in [2.75, 3.05) is 18.4 Å². The number of sulfonamides is 1. The van der Waals surface area contributed by atoms with E-state index in [1.54, 1.807) is 24.3 Å². The molecule has 28 heavy (non-hydrogen) atoms. The molecule has 1 amide bonds. The van der Waals surface area contributed by atoms with Crippen molar-refractivity contribution in [3.05, 3.63) is 63.9 Å². The highest BCUT2D eigenvalue weighted by molar-refractivity contribution is 7.88. The number of amides is 1. The van der Waals surface area contributed by atoms with Crippen LogP contribution in [0.25, 0.3) is 0 Å². The number of nitrogens with zero attached hydrogens (tertiary/aromatic N) is 1. The highest BCUT2D eigenvalue weighted by atomic mass is 35.5. The van der Waals surface area contributed by atoms with Crippen LogP contribution in [0.5, 0.6) is 0 Å². The normalized spacial score (nSPS) is 16.1. The van der Waals surface area contributed by atoms with Crippen molar-refractivity contribution in [1.82, 2.24) is 4.31 Å². The Morgan fingerprint density at radius 3 is 2.46 bits per heavy atom. The van der Waals surface area contributed by atoms with Crippen LogP contribution in [0.4, 0.5) is 10.1 Å². The molecule has 0 aliphatic carbocycles. The van der Waals surface area contributed by atoms with Crippen LogP contribution in [0.15, 0.2) is 42.5 Å². The van der Waals surface area contributed by atoms with Gasteiger partial charge in [0.25, 0.3) is 0 Å². The second kappa shape index (κ2) is 8.78. The predicted molar refractivity (Wildman–Crippen MR) is 108 cm³/mol. The van der Waals surface area contributed by atoms with Crippen LogP contribution in [-0.4, -0.2) is 31.7 Å². The molecule has 0 atom stereocenters. The third-order valence-corrected chi connectivity index (χ3v) is 7.37. The summed E-state index contributed by atoms with van der Waals surface area (Å²) in [5.74, 6) is -1.50. The van der Waals surface area contributed by atoms with Crippen molar-refractivity contribution in [1.29, 1.82) is 0 Å². The minimum absolute atomic E-state index is 0.137. The number of piperidine rings is 1. The van der Waals surface area contributed by atoms with Gasteiger partial charge in [-0.1, -0.05) is 47.5 Å². The van der Waals surface area contributed by atoms with E-state index in [9.17, 15) is 17.6 Å². The Morgan fingerprint density at radius 2 is 1.79 bits per heavy atom. The van der Waals surface area contributed by atoms with Crippen LogP contribution in [0.1, 0.15) is 18.4 Å². The van der Waals surface area contributed by atoms with E-state index in [0.29, 0.717) is 23.6 Å². The van der Waals surface area contributed by atoms with Gasteiger partial charge in [-0.3, -0.25) is 4.79 Å². The zero-order valence-corrected chi connectivity index (χ0v) is 17.2. The Morgan fingerprint density at radius 1 is 1.11 bits per heavy atom. The topological polar surface area (TPSA) is 66.5 Å². The van der Waals surface area contributed by atoms with Gasteiger partial charge in [0, 0.05) is 24.6 Å². The van der Waals surface area contributed by atoms with Gasteiger partial charge in [-0.15, -0.1) is 0 Å². The number of hydrogen-bond acceptors (Lipinski definition) is 3. The number of anilines is 1. The maximum atomic E-state index is 13.8. The SMILES string of the molecule is O=C(Nc1cccc(Cl)c1Cl)C1CCN(S(=O)(=O)Cc2ccccc2F)CC1. The quantitative estimate of drug-likeness (QED) is 0.746. The van der Waals surface area contributed by atoms with Gasteiger partial charge in [0.05, 0.1) is 21.5 Å². The number of nitrogens with one attached hydrogen (secondary N) is 1. The van der Waals surface area contributed by atoms with E-state index in [1.807, 2.05) is 0 Å². The predicted octanol–water partition coefficient (Wildman–Crippen LogP) is 4.31. The molecule has 5 nitrogen and oxygen atoms in total. The number of carbonyl (C=O) groups is 1. The minimum Gasteiger partial charge on any atom is -0.324 e. The molecule has 0 unspecified atom stereocenters. The summed E-state index contributed by atoms with van der Waals surface area (Å²) < 4.78 is 40.2. The molecule has 0 spiro atoms. The first kappa shape index (κ1) is 21.0. The van der Waals surface area contributed by atoms with E-state index in [2.05, 4.69) is 5.32 Å². The van der Waals surface area contributed by atoms with Crippen LogP contribution < -0.4 is 5.32 Å². The van der Waals surface area contributed by atoms with Crippen molar-refractivity contribution in [3.8, 4) is 0 Å². The van der Waals surface area contributed by atoms with Crippen LogP contribution in [-0.2, 0) is 20.6 Å². The van der Waals surface area contributed by atoms with Gasteiger partial charge in [-0.05, 0) is 31.0 Å². The van der Waals surface area contributed by atoms with E-state index >= 15 is 0 Å². The summed E-state index contributed by atoms with van der Waals surface area (Å²) in [5, 5.41) is 3.36. The highest BCUT2D eigenvalue weighted by Gasteiger charge is 2.31. The fourth-order valence-electron chi connectivity index (χ4n) is 3.13. The summed E-state index contributed by atoms with van der Waals surface area (Å²) >= 11 is 12.0. The summed E-state index contributed by atoms with van der Waals surface area (Å²) in [5.41, 5.74) is 0.562. The molecule has 1 aliphatic rings. The van der Waals surface area contributed by atoms with E-state index in [4.69, 9.17) is 23.2 Å². The molecule has 0 bridgehead atoms. The Bertz CT molecular complexity index is 977. The fourth-order valence-corrected chi connectivity index (χ4v) is 5.06. The van der Waals surface area contributed by atoms with Gasteiger partial charge < -0.3 is 5.32 Å². The molecule has 9 heteroatoms. The number of carbonyl (C=O) groups excluding carboxylic acids is 1. The fraction of sp³-hybridized carbons (Fsp3) is 0.316. The van der Waals surface area contributed by atoms with Crippen LogP contribution in [0, 0.1) is 11.7 Å². The molecular weight excluding hydrogens is 426 g/mol. The van der Waals surface area contributed by atoms with Crippen LogP contribution in [0.3, 0.4) is 0 Å². The third kappa shape index (κ3) is 4.84. The standard InChI is InChI=1S/C19H19Cl2FN2O3S/c20-15-5-3-7-17(18(15)21)23-19(25)13-8-10-24(11-9-13)28(26,27)12-14-4-1-2-6-16(14)22/h1-7,13H,8-12H2,(H,23,25). The summed E-state index contributed by atoms with van der Waals surface area (Å²) in [4.78, 5) is 12.5. The smallest absolute Gasteiger partial charge is 0.227 e. The van der Waals surface area contributed by atoms with Crippen molar-refractivity contribution >= 4 is 44.8 Å². The first-order chi connectivity index (χ1) is 13.3. The van der Waals surface area contributed by atoms with Crippen molar-refractivity contribution in [2.24, 2.45) is 5.92 Å². The molecule has 1 heterocycles. The van der Waals surface area contributed by atoms with E-state index < -0.39 is 21.6 Å². The average molecular weight is 445 g/mol. The molecule has 0 radical (unpaired) electrons. The third-order valence-electron chi connectivity index (χ3n) is 4.72. The maximum absolute atomic E-state index is 13.8. The number of hydrogen-bond donors (Lipinski definition) is 1. The Labute approximate surface area is 173 Å². The second-order valence-electron chi connectivity index (χ2n) is 6.61. The van der Waals surface area contributed by atoms with E-state index in [0.717, 1.165) is 0 Å². The molecule has 2 aromatic rings. The number of halogens is 3. The van der Waals surface area contributed by atoms with Crippen molar-refractivity contribution in [2.45, 2.75) is 18.6 Å². The lowest BCUT2D eigenvalue weighted by molar-refractivity contribution is -0.120. The molecule has 1 aliphatic heterocycles. The first-order valence-electron chi connectivity index (χ1n) is 8.74. The summed E-state index contributed by atoms with van der Waals surface area (Å²) in [6.07, 6.45) is 0.751. The largest absolute Gasteiger partial charge is 0.324 e. The van der Waals surface area contributed by atoms with Gasteiger partial charge >= 0.3 is 0 Å². The van der Waals surface area contributed by atoms with Gasteiger partial charge in [-0.25, -0.2) is 17.1 Å². The van der Waals surface area contributed by atoms with Gasteiger partial charge in [0.15, 0.2) is 0 Å². The summed E-state index contributed by atoms with van der Waals surface area (Å²) in [6, 6.07) is 10.8. The molecule has 3 rings (SSSR count). The first-order valence-corrected chi connectivity index (χ1v) is 11.1. The molecule has 1 N–H and O–H groups in total. The Balaban J connectivity index is 1.60. The van der Waals surface area contributed by atoms with Crippen molar-refractivity contribution < 1.29 is 17.6 Å². The van der Waals surface area contributed by atoms with Crippen molar-refractivity contribution in [3.63, 3.8) is 0 Å². The molecule has 1 fully saturated rings. The Kier molecular flexibility index (Phi) is 6.60. The summed E-state index contributed by atoms with van der Waals surface area (Å²) in [6.45, 7) is 0.413. The van der Waals surface area contributed by atoms with E-state index in [-0.39, 0.29) is 35.5 Å². The van der Waals surface area contributed by atoms with Crippen LogP contribution >= 0.6 is 23.2 Å². The molecular formula is C19H19Cl2FN2O3S. The molecule has 0 aromatic heterocycles. The monoisotopic (exact) mass is 444 g/mol. The summed E-state index contributed by atoms with van der Waals surface area (Å²) in [7, 11) is -3.66. The highest BCUT2D eigenvalue weighted by Crippen LogP contribution is 2.31. The lowest BCUT2D eigenvalue weighted by Gasteiger charge is -2.30. The zero-order chi connectivity index (χ0) is 20.3. The van der Waals surface area contributed by atoms with Gasteiger partial charge in [-0.2, -0.15) is 0 Å². The zero-order valence-electron chi connectivity index (χ0n) is 14.9. The number of benzene rings is 2. The van der Waals surface area contributed by atoms with E-state index in [1.165, 1.54) is 22.5 Å². The molecule has 1 saturated heterocycles. The Hall–Kier alpha value is -1.67. The van der Waals surface area contributed by atoms with Gasteiger partial charge in [0.2, 0.25) is 15.9 Å². The minimum atomic E-state index is -3.66. The molecule has 0 saturated carbocycles. The van der Waals surface area contributed by atoms with Crippen LogP contribution in [0.2, 0.25) is 10.0 Å². The lowest BCUT2D eigenvalue weighted by Crippen LogP contribution is -2.42. The molecule has 2 aromatic carbocycles.